The fourth-order valence-corrected chi connectivity index (χ4v) is 2.65. The van der Waals surface area contributed by atoms with E-state index in [1.54, 1.807) is 6.20 Å². The van der Waals surface area contributed by atoms with Crippen molar-refractivity contribution in [3.8, 4) is 5.75 Å². The Bertz CT molecular complexity index is 600. The molecular weight excluding hydrogens is 308 g/mol. The van der Waals surface area contributed by atoms with Gasteiger partial charge in [0.25, 0.3) is 0 Å². The summed E-state index contributed by atoms with van der Waals surface area (Å²) in [4.78, 5) is 8.15. The van der Waals surface area contributed by atoms with Gasteiger partial charge in [0.05, 0.1) is 19.0 Å². The standard InChI is InChI=1S/C13H13BrN4O/c14-10-3-8-1-2-19-13(8)9(4-10)5-17-12-7-16-11(15)6-18-12/h3-4,6-7H,1-2,5H2,(H2,15,16)(H,17,18). The van der Waals surface area contributed by atoms with Crippen LogP contribution in [-0.4, -0.2) is 16.6 Å². The lowest BCUT2D eigenvalue weighted by atomic mass is 10.1. The largest absolute Gasteiger partial charge is 0.493 e. The molecule has 0 atom stereocenters. The normalized spacial score (nSPS) is 12.9. The van der Waals surface area contributed by atoms with Crippen molar-refractivity contribution >= 4 is 27.6 Å². The number of halogens is 1. The van der Waals surface area contributed by atoms with Gasteiger partial charge < -0.3 is 15.8 Å². The molecule has 1 aliphatic heterocycles. The molecule has 0 saturated heterocycles. The summed E-state index contributed by atoms with van der Waals surface area (Å²) in [5, 5.41) is 3.22. The molecule has 0 spiro atoms. The van der Waals surface area contributed by atoms with E-state index in [-0.39, 0.29) is 0 Å². The molecule has 1 aromatic heterocycles. The third-order valence-corrected chi connectivity index (χ3v) is 3.41. The van der Waals surface area contributed by atoms with Crippen molar-refractivity contribution in [3.63, 3.8) is 0 Å². The lowest BCUT2D eigenvalue weighted by molar-refractivity contribution is 0.354. The average Bonchev–Trinajstić information content (AvgIpc) is 2.85. The molecule has 6 heteroatoms. The molecule has 0 aliphatic carbocycles. The number of rotatable bonds is 3. The minimum absolute atomic E-state index is 0.414. The van der Waals surface area contributed by atoms with Crippen LogP contribution in [0.4, 0.5) is 11.6 Å². The van der Waals surface area contributed by atoms with Crippen LogP contribution in [0.5, 0.6) is 5.75 Å². The fourth-order valence-electron chi connectivity index (χ4n) is 2.09. The molecule has 3 N–H and O–H groups in total. The molecule has 0 radical (unpaired) electrons. The molecular formula is C13H13BrN4O. The van der Waals surface area contributed by atoms with Gasteiger partial charge in [0, 0.05) is 23.0 Å². The number of nitrogens with two attached hydrogens (primary N) is 1. The smallest absolute Gasteiger partial charge is 0.144 e. The third-order valence-electron chi connectivity index (χ3n) is 2.96. The second-order valence-corrected chi connectivity index (χ2v) is 5.25. The highest BCUT2D eigenvalue weighted by molar-refractivity contribution is 9.10. The first-order valence-electron chi connectivity index (χ1n) is 5.98. The molecule has 0 saturated carbocycles. The van der Waals surface area contributed by atoms with Crippen LogP contribution >= 0.6 is 15.9 Å². The zero-order chi connectivity index (χ0) is 13.2. The van der Waals surface area contributed by atoms with Crippen molar-refractivity contribution in [3.05, 3.63) is 40.1 Å². The first-order valence-corrected chi connectivity index (χ1v) is 6.77. The molecule has 2 aromatic rings. The number of nitrogens with zero attached hydrogens (tertiary/aromatic N) is 2. The van der Waals surface area contributed by atoms with Gasteiger partial charge in [-0.05, 0) is 17.7 Å². The van der Waals surface area contributed by atoms with E-state index in [1.807, 2.05) is 0 Å². The van der Waals surface area contributed by atoms with Crippen LogP contribution in [0.25, 0.3) is 0 Å². The summed E-state index contributed by atoms with van der Waals surface area (Å²) in [6.45, 7) is 1.39. The van der Waals surface area contributed by atoms with Crippen molar-refractivity contribution in [2.75, 3.05) is 17.7 Å². The number of nitrogens with one attached hydrogen (secondary N) is 1. The van der Waals surface area contributed by atoms with Gasteiger partial charge in [-0.3, -0.25) is 0 Å². The number of ether oxygens (including phenoxy) is 1. The Morgan fingerprint density at radius 1 is 1.32 bits per heavy atom. The fraction of sp³-hybridized carbons (Fsp3) is 0.231. The van der Waals surface area contributed by atoms with Crippen molar-refractivity contribution in [1.29, 1.82) is 0 Å². The zero-order valence-electron chi connectivity index (χ0n) is 10.2. The summed E-state index contributed by atoms with van der Waals surface area (Å²) in [5.41, 5.74) is 7.86. The molecule has 3 rings (SSSR count). The Balaban J connectivity index is 1.78. The van der Waals surface area contributed by atoms with Crippen molar-refractivity contribution in [1.82, 2.24) is 9.97 Å². The first kappa shape index (κ1) is 12.2. The van der Waals surface area contributed by atoms with Crippen LogP contribution in [0.1, 0.15) is 11.1 Å². The number of hydrogen-bond acceptors (Lipinski definition) is 5. The van der Waals surface area contributed by atoms with Crippen molar-refractivity contribution in [2.24, 2.45) is 0 Å². The van der Waals surface area contributed by atoms with Gasteiger partial charge in [-0.15, -0.1) is 0 Å². The molecule has 5 nitrogen and oxygen atoms in total. The number of aromatic nitrogens is 2. The predicted octanol–water partition coefficient (Wildman–Crippen LogP) is 2.37. The minimum Gasteiger partial charge on any atom is -0.493 e. The van der Waals surface area contributed by atoms with E-state index in [1.165, 1.54) is 11.8 Å². The molecule has 0 fully saturated rings. The Kier molecular flexibility index (Phi) is 3.25. The second kappa shape index (κ2) is 5.05. The van der Waals surface area contributed by atoms with Crippen molar-refractivity contribution < 1.29 is 4.74 Å². The highest BCUT2D eigenvalue weighted by atomic mass is 79.9. The molecule has 0 amide bonds. The molecule has 0 unspecified atom stereocenters. The Morgan fingerprint density at radius 3 is 3.00 bits per heavy atom. The van der Waals surface area contributed by atoms with Gasteiger partial charge in [0.1, 0.15) is 17.4 Å². The maximum atomic E-state index is 5.68. The topological polar surface area (TPSA) is 73.1 Å². The highest BCUT2D eigenvalue weighted by Crippen LogP contribution is 2.33. The van der Waals surface area contributed by atoms with E-state index in [2.05, 4.69) is 43.3 Å². The van der Waals surface area contributed by atoms with Crippen LogP contribution < -0.4 is 15.8 Å². The third kappa shape index (κ3) is 2.63. The van der Waals surface area contributed by atoms with Crippen LogP contribution in [0, 0.1) is 0 Å². The predicted molar refractivity (Wildman–Crippen MR) is 77.1 cm³/mol. The molecule has 2 heterocycles. The average molecular weight is 321 g/mol. The van der Waals surface area contributed by atoms with Gasteiger partial charge in [0.2, 0.25) is 0 Å². The van der Waals surface area contributed by atoms with E-state index in [0.29, 0.717) is 18.2 Å². The summed E-state index contributed by atoms with van der Waals surface area (Å²) in [7, 11) is 0. The number of benzene rings is 1. The van der Waals surface area contributed by atoms with Gasteiger partial charge in [-0.25, -0.2) is 9.97 Å². The number of fused-ring (bicyclic) bond motifs is 1. The summed E-state index contributed by atoms with van der Waals surface area (Å²) in [6, 6.07) is 4.16. The Morgan fingerprint density at radius 2 is 2.21 bits per heavy atom. The summed E-state index contributed by atoms with van der Waals surface area (Å²) < 4.78 is 6.74. The number of hydrogen-bond donors (Lipinski definition) is 2. The van der Waals surface area contributed by atoms with E-state index in [9.17, 15) is 0 Å². The zero-order valence-corrected chi connectivity index (χ0v) is 11.8. The van der Waals surface area contributed by atoms with E-state index >= 15 is 0 Å². The van der Waals surface area contributed by atoms with Gasteiger partial charge in [0.15, 0.2) is 0 Å². The number of anilines is 2. The number of nitrogen functional groups attached to an aromatic ring is 1. The lowest BCUT2D eigenvalue weighted by Crippen LogP contribution is -2.04. The summed E-state index contributed by atoms with van der Waals surface area (Å²) in [6.07, 6.45) is 4.11. The maximum Gasteiger partial charge on any atom is 0.144 e. The monoisotopic (exact) mass is 320 g/mol. The van der Waals surface area contributed by atoms with E-state index in [4.69, 9.17) is 10.5 Å². The molecule has 1 aromatic carbocycles. The molecule has 0 bridgehead atoms. The first-order chi connectivity index (χ1) is 9.22. The quantitative estimate of drug-likeness (QED) is 0.908. The molecule has 1 aliphatic rings. The van der Waals surface area contributed by atoms with Crippen LogP contribution in [0.3, 0.4) is 0 Å². The SMILES string of the molecule is Nc1cnc(NCc2cc(Br)cc3c2OCC3)cn1. The van der Waals surface area contributed by atoms with Crippen LogP contribution in [0.15, 0.2) is 29.0 Å². The van der Waals surface area contributed by atoms with Crippen LogP contribution in [0.2, 0.25) is 0 Å². The van der Waals surface area contributed by atoms with Gasteiger partial charge >= 0.3 is 0 Å². The molecule has 19 heavy (non-hydrogen) atoms. The van der Waals surface area contributed by atoms with E-state index in [0.717, 1.165) is 28.8 Å². The highest BCUT2D eigenvalue weighted by Gasteiger charge is 2.17. The maximum absolute atomic E-state index is 5.68. The van der Waals surface area contributed by atoms with Crippen molar-refractivity contribution in [2.45, 2.75) is 13.0 Å². The summed E-state index contributed by atoms with van der Waals surface area (Å²) >= 11 is 3.52. The second-order valence-electron chi connectivity index (χ2n) is 4.33. The van der Waals surface area contributed by atoms with Gasteiger partial charge in [-0.1, -0.05) is 15.9 Å². The van der Waals surface area contributed by atoms with Gasteiger partial charge in [-0.2, -0.15) is 0 Å². The van der Waals surface area contributed by atoms with E-state index < -0.39 is 0 Å². The Labute approximate surface area is 119 Å². The lowest BCUT2D eigenvalue weighted by Gasteiger charge is -2.10. The minimum atomic E-state index is 0.414. The Hall–Kier alpha value is -1.82. The summed E-state index contributed by atoms with van der Waals surface area (Å²) in [5.74, 6) is 2.09. The van der Waals surface area contributed by atoms with Crippen LogP contribution in [-0.2, 0) is 13.0 Å². The molecule has 98 valence electrons.